The largest absolute Gasteiger partial charge is 0.347 e. The molecule has 1 fully saturated rings. The molecule has 150 valence electrons. The van der Waals surface area contributed by atoms with Gasteiger partial charge < -0.3 is 4.98 Å². The van der Waals surface area contributed by atoms with Crippen molar-refractivity contribution in [2.24, 2.45) is 5.92 Å². The third-order valence-electron chi connectivity index (χ3n) is 5.08. The lowest BCUT2D eigenvalue weighted by molar-refractivity contribution is 0.162. The van der Waals surface area contributed by atoms with Crippen LogP contribution in [0.2, 0.25) is 0 Å². The van der Waals surface area contributed by atoms with Crippen LogP contribution in [0.25, 0.3) is 11.1 Å². The van der Waals surface area contributed by atoms with Gasteiger partial charge in [0.2, 0.25) is 0 Å². The van der Waals surface area contributed by atoms with E-state index in [4.69, 9.17) is 0 Å². The van der Waals surface area contributed by atoms with E-state index in [-0.39, 0.29) is 30.4 Å². The summed E-state index contributed by atoms with van der Waals surface area (Å²) in [5, 5.41) is 4.32. The number of aromatic amines is 1. The molecule has 3 aromatic rings. The van der Waals surface area contributed by atoms with E-state index < -0.39 is 0 Å². The molecule has 0 spiro atoms. The van der Waals surface area contributed by atoms with Crippen LogP contribution < -0.4 is 5.56 Å². The van der Waals surface area contributed by atoms with Crippen molar-refractivity contribution in [3.8, 4) is 11.1 Å². The summed E-state index contributed by atoms with van der Waals surface area (Å²) in [4.78, 5) is 22.5. The number of nitrogens with one attached hydrogen (secondary N) is 1. The van der Waals surface area contributed by atoms with E-state index >= 15 is 0 Å². The molecule has 6 nitrogen and oxygen atoms in total. The van der Waals surface area contributed by atoms with Crippen LogP contribution in [0.3, 0.4) is 0 Å². The van der Waals surface area contributed by atoms with Crippen LogP contribution in [0.15, 0.2) is 59.9 Å². The number of imidazole rings is 1. The number of rotatable bonds is 5. The van der Waals surface area contributed by atoms with Crippen molar-refractivity contribution in [2.75, 3.05) is 13.1 Å². The average molecular weight is 422 g/mol. The second-order valence-corrected chi connectivity index (χ2v) is 6.89. The van der Waals surface area contributed by atoms with E-state index in [9.17, 15) is 4.79 Å². The Labute approximate surface area is 176 Å². The fourth-order valence-corrected chi connectivity index (χ4v) is 3.60. The van der Waals surface area contributed by atoms with Crippen LogP contribution in [-0.2, 0) is 13.1 Å². The van der Waals surface area contributed by atoms with Gasteiger partial charge in [0.1, 0.15) is 0 Å². The molecule has 8 heteroatoms. The molecule has 1 aromatic carbocycles. The van der Waals surface area contributed by atoms with Crippen molar-refractivity contribution < 1.29 is 0 Å². The maximum absolute atomic E-state index is 12.8. The van der Waals surface area contributed by atoms with Gasteiger partial charge in [-0.2, -0.15) is 5.10 Å². The van der Waals surface area contributed by atoms with Crippen molar-refractivity contribution >= 4 is 24.8 Å². The van der Waals surface area contributed by atoms with Crippen LogP contribution in [0.4, 0.5) is 0 Å². The zero-order valence-corrected chi connectivity index (χ0v) is 17.2. The molecular weight excluding hydrogens is 397 g/mol. The lowest BCUT2D eigenvalue weighted by atomic mass is 9.96. The highest BCUT2D eigenvalue weighted by molar-refractivity contribution is 5.85. The second-order valence-electron chi connectivity index (χ2n) is 6.89. The topological polar surface area (TPSA) is 66.8 Å². The first-order valence-corrected chi connectivity index (χ1v) is 9.11. The third-order valence-corrected chi connectivity index (χ3v) is 5.08. The normalized spacial score (nSPS) is 14.9. The molecule has 3 heterocycles. The molecule has 1 aliphatic heterocycles. The van der Waals surface area contributed by atoms with Crippen LogP contribution in [0, 0.1) is 5.92 Å². The van der Waals surface area contributed by atoms with Gasteiger partial charge in [-0.1, -0.05) is 30.3 Å². The number of hydrogen-bond acceptors (Lipinski definition) is 4. The summed E-state index contributed by atoms with van der Waals surface area (Å²) >= 11 is 0. The SMILES string of the molecule is Cl.Cl.O=c1c(-c2ccccc2)ccnn1CC1CCN(Cc2cnc[nH]2)CC1. The van der Waals surface area contributed by atoms with Crippen molar-refractivity contribution in [1.82, 2.24) is 24.6 Å². The molecule has 1 aliphatic rings. The van der Waals surface area contributed by atoms with Crippen molar-refractivity contribution in [1.29, 1.82) is 0 Å². The van der Waals surface area contributed by atoms with Gasteiger partial charge in [-0.25, -0.2) is 9.67 Å². The summed E-state index contributed by atoms with van der Waals surface area (Å²) in [5.74, 6) is 0.490. The highest BCUT2D eigenvalue weighted by atomic mass is 35.5. The number of halogens is 2. The molecule has 1 N–H and O–H groups in total. The van der Waals surface area contributed by atoms with Gasteiger partial charge in [0.15, 0.2) is 0 Å². The Kier molecular flexibility index (Phi) is 8.23. The van der Waals surface area contributed by atoms with Gasteiger partial charge in [-0.3, -0.25) is 9.69 Å². The van der Waals surface area contributed by atoms with Crippen LogP contribution in [0.5, 0.6) is 0 Å². The molecule has 0 bridgehead atoms. The van der Waals surface area contributed by atoms with E-state index in [0.29, 0.717) is 12.5 Å². The molecule has 0 unspecified atom stereocenters. The number of piperidine rings is 1. The molecule has 0 radical (unpaired) electrons. The Balaban J connectivity index is 0.00000140. The van der Waals surface area contributed by atoms with E-state index in [1.54, 1.807) is 23.3 Å². The Hall–Kier alpha value is -2.15. The number of benzene rings is 1. The van der Waals surface area contributed by atoms with Gasteiger partial charge in [0.25, 0.3) is 5.56 Å². The summed E-state index contributed by atoms with van der Waals surface area (Å²) in [6.45, 7) is 3.68. The van der Waals surface area contributed by atoms with Gasteiger partial charge >= 0.3 is 0 Å². The molecule has 2 aromatic heterocycles. The molecule has 4 rings (SSSR count). The molecule has 0 atom stereocenters. The quantitative estimate of drug-likeness (QED) is 0.685. The van der Waals surface area contributed by atoms with Gasteiger partial charge in [-0.15, -0.1) is 24.8 Å². The Bertz CT molecular complexity index is 890. The van der Waals surface area contributed by atoms with Crippen molar-refractivity contribution in [3.63, 3.8) is 0 Å². The second kappa shape index (κ2) is 10.4. The van der Waals surface area contributed by atoms with E-state index in [2.05, 4.69) is 20.0 Å². The Morgan fingerprint density at radius 3 is 2.50 bits per heavy atom. The molecule has 1 saturated heterocycles. The van der Waals surface area contributed by atoms with Gasteiger partial charge in [0, 0.05) is 31.2 Å². The first-order valence-electron chi connectivity index (χ1n) is 9.11. The van der Waals surface area contributed by atoms with Gasteiger partial charge in [-0.05, 0) is 43.5 Å². The molecule has 0 amide bonds. The number of hydrogen-bond donors (Lipinski definition) is 1. The predicted octanol–water partition coefficient (Wildman–Crippen LogP) is 3.39. The van der Waals surface area contributed by atoms with Crippen molar-refractivity contribution in [3.05, 3.63) is 71.2 Å². The lowest BCUT2D eigenvalue weighted by Gasteiger charge is -2.31. The van der Waals surface area contributed by atoms with Crippen molar-refractivity contribution in [2.45, 2.75) is 25.9 Å². The number of aromatic nitrogens is 4. The number of nitrogens with zero attached hydrogens (tertiary/aromatic N) is 4. The van der Waals surface area contributed by atoms with Gasteiger partial charge in [0.05, 0.1) is 11.9 Å². The van der Waals surface area contributed by atoms with Crippen LogP contribution in [-0.4, -0.2) is 37.7 Å². The Morgan fingerprint density at radius 2 is 1.82 bits per heavy atom. The first-order chi connectivity index (χ1) is 12.8. The molecule has 0 saturated carbocycles. The van der Waals surface area contributed by atoms with Crippen LogP contribution in [0.1, 0.15) is 18.5 Å². The summed E-state index contributed by atoms with van der Waals surface area (Å²) in [5.41, 5.74) is 2.82. The van der Waals surface area contributed by atoms with E-state index in [1.807, 2.05) is 36.5 Å². The monoisotopic (exact) mass is 421 g/mol. The van der Waals surface area contributed by atoms with Crippen LogP contribution >= 0.6 is 24.8 Å². The minimum absolute atomic E-state index is 0. The number of likely N-dealkylation sites (tertiary alicyclic amines) is 1. The highest BCUT2D eigenvalue weighted by Crippen LogP contribution is 2.20. The maximum Gasteiger partial charge on any atom is 0.274 e. The number of H-pyrrole nitrogens is 1. The summed E-state index contributed by atoms with van der Waals surface area (Å²) in [6, 6.07) is 11.6. The molecule has 28 heavy (non-hydrogen) atoms. The lowest BCUT2D eigenvalue weighted by Crippen LogP contribution is -2.36. The first kappa shape index (κ1) is 22.1. The zero-order chi connectivity index (χ0) is 17.8. The Morgan fingerprint density at radius 1 is 1.07 bits per heavy atom. The smallest absolute Gasteiger partial charge is 0.274 e. The summed E-state index contributed by atoms with van der Waals surface area (Å²) in [6.07, 6.45) is 7.50. The average Bonchev–Trinajstić information content (AvgIpc) is 3.19. The fraction of sp³-hybridized carbons (Fsp3) is 0.350. The summed E-state index contributed by atoms with van der Waals surface area (Å²) in [7, 11) is 0. The standard InChI is InChI=1S/C20H23N5O.2ClH/c26-20-19(17-4-2-1-3-5-17)6-9-23-25(20)13-16-7-10-24(11-8-16)14-18-12-21-15-22-18;;/h1-6,9,12,15-16H,7-8,10-11,13-14H2,(H,21,22);2*1H. The zero-order valence-electron chi connectivity index (χ0n) is 15.5. The van der Waals surface area contributed by atoms with E-state index in [0.717, 1.165) is 49.3 Å². The predicted molar refractivity (Wildman–Crippen MR) is 115 cm³/mol. The maximum atomic E-state index is 12.8. The minimum Gasteiger partial charge on any atom is -0.347 e. The summed E-state index contributed by atoms with van der Waals surface area (Å²) < 4.78 is 1.64. The molecular formula is C20H25Cl2N5O. The molecule has 0 aliphatic carbocycles. The third kappa shape index (κ3) is 5.22. The highest BCUT2D eigenvalue weighted by Gasteiger charge is 2.21. The van der Waals surface area contributed by atoms with E-state index in [1.165, 1.54) is 0 Å². The minimum atomic E-state index is -0.00131. The fourth-order valence-electron chi connectivity index (χ4n) is 3.60.